The Morgan fingerprint density at radius 1 is 1.14 bits per heavy atom. The Balaban J connectivity index is 1.74. The first-order valence-corrected chi connectivity index (χ1v) is 7.70. The van der Waals surface area contributed by atoms with E-state index in [-0.39, 0.29) is 0 Å². The SMILES string of the molecule is Clc1ccc([C@@H](CNc2cnccn2)N2CCCC2)cc1. The molecule has 1 aliphatic heterocycles. The second-order valence-corrected chi connectivity index (χ2v) is 5.72. The molecule has 1 aliphatic rings. The highest BCUT2D eigenvalue weighted by atomic mass is 35.5. The molecule has 3 rings (SSSR count). The van der Waals surface area contributed by atoms with E-state index in [1.807, 2.05) is 12.1 Å². The summed E-state index contributed by atoms with van der Waals surface area (Å²) < 4.78 is 0. The minimum atomic E-state index is 0.340. The van der Waals surface area contributed by atoms with Crippen LogP contribution < -0.4 is 5.32 Å². The molecule has 21 heavy (non-hydrogen) atoms. The number of rotatable bonds is 5. The predicted octanol–water partition coefficient (Wildman–Crippen LogP) is 3.38. The molecule has 110 valence electrons. The van der Waals surface area contributed by atoms with E-state index in [2.05, 4.69) is 32.3 Å². The summed E-state index contributed by atoms with van der Waals surface area (Å²) in [6.07, 6.45) is 7.69. The lowest BCUT2D eigenvalue weighted by Gasteiger charge is -2.28. The number of benzene rings is 1. The number of aromatic nitrogens is 2. The molecule has 4 nitrogen and oxygen atoms in total. The number of nitrogens with one attached hydrogen (secondary N) is 1. The van der Waals surface area contributed by atoms with Crippen molar-refractivity contribution < 1.29 is 0 Å². The third-order valence-corrected chi connectivity index (χ3v) is 4.13. The van der Waals surface area contributed by atoms with E-state index in [9.17, 15) is 0 Å². The van der Waals surface area contributed by atoms with Crippen molar-refractivity contribution in [2.45, 2.75) is 18.9 Å². The van der Waals surface area contributed by atoms with Gasteiger partial charge in [-0.1, -0.05) is 23.7 Å². The number of anilines is 1. The molecule has 1 aromatic heterocycles. The second kappa shape index (κ2) is 6.87. The molecule has 1 atom stereocenters. The zero-order valence-electron chi connectivity index (χ0n) is 11.9. The highest BCUT2D eigenvalue weighted by Gasteiger charge is 2.23. The van der Waals surface area contributed by atoms with Crippen molar-refractivity contribution in [1.82, 2.24) is 14.9 Å². The first-order chi connectivity index (χ1) is 10.3. The quantitative estimate of drug-likeness (QED) is 0.919. The van der Waals surface area contributed by atoms with Crippen LogP contribution in [0.1, 0.15) is 24.4 Å². The average Bonchev–Trinajstić information content (AvgIpc) is 3.04. The summed E-state index contributed by atoms with van der Waals surface area (Å²) in [6.45, 7) is 3.12. The van der Waals surface area contributed by atoms with Crippen LogP contribution in [0.3, 0.4) is 0 Å². The fourth-order valence-corrected chi connectivity index (χ4v) is 2.91. The van der Waals surface area contributed by atoms with Gasteiger partial charge in [0.15, 0.2) is 0 Å². The van der Waals surface area contributed by atoms with E-state index in [1.165, 1.54) is 18.4 Å². The van der Waals surface area contributed by atoms with E-state index in [1.54, 1.807) is 18.6 Å². The molecule has 1 fully saturated rings. The monoisotopic (exact) mass is 302 g/mol. The van der Waals surface area contributed by atoms with Gasteiger partial charge in [-0.2, -0.15) is 0 Å². The topological polar surface area (TPSA) is 41.1 Å². The Hall–Kier alpha value is -1.65. The summed E-state index contributed by atoms with van der Waals surface area (Å²) in [6, 6.07) is 8.49. The maximum atomic E-state index is 6.00. The summed E-state index contributed by atoms with van der Waals surface area (Å²) in [7, 11) is 0. The van der Waals surface area contributed by atoms with Gasteiger partial charge in [-0.3, -0.25) is 9.88 Å². The van der Waals surface area contributed by atoms with Gasteiger partial charge in [-0.05, 0) is 43.6 Å². The normalized spacial score (nSPS) is 16.8. The molecule has 1 saturated heterocycles. The molecule has 0 aliphatic carbocycles. The van der Waals surface area contributed by atoms with Crippen molar-refractivity contribution in [3.8, 4) is 0 Å². The molecule has 0 radical (unpaired) electrons. The van der Waals surface area contributed by atoms with Crippen LogP contribution in [-0.2, 0) is 0 Å². The average molecular weight is 303 g/mol. The van der Waals surface area contributed by atoms with Crippen LogP contribution in [0.4, 0.5) is 5.82 Å². The summed E-state index contributed by atoms with van der Waals surface area (Å²) >= 11 is 6.00. The Bertz CT molecular complexity index is 552. The lowest BCUT2D eigenvalue weighted by molar-refractivity contribution is 0.256. The molecule has 0 amide bonds. The van der Waals surface area contributed by atoms with Crippen LogP contribution in [0.2, 0.25) is 5.02 Å². The number of hydrogen-bond donors (Lipinski definition) is 1. The van der Waals surface area contributed by atoms with E-state index in [0.717, 1.165) is 30.5 Å². The molecule has 1 aromatic carbocycles. The van der Waals surface area contributed by atoms with Crippen LogP contribution in [0.25, 0.3) is 0 Å². The summed E-state index contributed by atoms with van der Waals surface area (Å²) in [5, 5.41) is 4.16. The Morgan fingerprint density at radius 3 is 2.57 bits per heavy atom. The van der Waals surface area contributed by atoms with Gasteiger partial charge in [-0.25, -0.2) is 4.98 Å². The molecule has 0 unspecified atom stereocenters. The van der Waals surface area contributed by atoms with Gasteiger partial charge in [-0.15, -0.1) is 0 Å². The van der Waals surface area contributed by atoms with Crippen LogP contribution >= 0.6 is 11.6 Å². The zero-order valence-corrected chi connectivity index (χ0v) is 12.6. The van der Waals surface area contributed by atoms with Gasteiger partial charge in [0.1, 0.15) is 5.82 Å². The van der Waals surface area contributed by atoms with E-state index in [0.29, 0.717) is 6.04 Å². The van der Waals surface area contributed by atoms with Crippen LogP contribution in [0, 0.1) is 0 Å². The first kappa shape index (κ1) is 14.3. The fraction of sp³-hybridized carbons (Fsp3) is 0.375. The van der Waals surface area contributed by atoms with Crippen molar-refractivity contribution >= 4 is 17.4 Å². The summed E-state index contributed by atoms with van der Waals surface area (Å²) in [4.78, 5) is 10.9. The summed E-state index contributed by atoms with van der Waals surface area (Å²) in [5.74, 6) is 0.815. The Morgan fingerprint density at radius 2 is 1.90 bits per heavy atom. The van der Waals surface area contributed by atoms with Crippen molar-refractivity contribution in [2.24, 2.45) is 0 Å². The minimum absolute atomic E-state index is 0.340. The zero-order chi connectivity index (χ0) is 14.5. The van der Waals surface area contributed by atoms with E-state index < -0.39 is 0 Å². The predicted molar refractivity (Wildman–Crippen MR) is 85.5 cm³/mol. The third-order valence-electron chi connectivity index (χ3n) is 3.88. The van der Waals surface area contributed by atoms with Crippen LogP contribution in [0.5, 0.6) is 0 Å². The van der Waals surface area contributed by atoms with Crippen molar-refractivity contribution in [3.63, 3.8) is 0 Å². The minimum Gasteiger partial charge on any atom is -0.367 e. The maximum absolute atomic E-state index is 6.00. The van der Waals surface area contributed by atoms with Crippen LogP contribution in [-0.4, -0.2) is 34.5 Å². The van der Waals surface area contributed by atoms with Crippen molar-refractivity contribution in [1.29, 1.82) is 0 Å². The van der Waals surface area contributed by atoms with E-state index >= 15 is 0 Å². The molecule has 2 aromatic rings. The number of likely N-dealkylation sites (tertiary alicyclic amines) is 1. The van der Waals surface area contributed by atoms with Gasteiger partial charge in [0, 0.05) is 24.0 Å². The standard InChI is InChI=1S/C16H19ClN4/c17-14-5-3-13(4-6-14)15(21-9-1-2-10-21)11-20-16-12-18-7-8-19-16/h3-8,12,15H,1-2,9-11H2,(H,19,20)/t15-/m1/s1. The fourth-order valence-electron chi connectivity index (χ4n) is 2.79. The third kappa shape index (κ3) is 3.71. The van der Waals surface area contributed by atoms with E-state index in [4.69, 9.17) is 11.6 Å². The van der Waals surface area contributed by atoms with Gasteiger partial charge in [0.2, 0.25) is 0 Å². The lowest BCUT2D eigenvalue weighted by Crippen LogP contribution is -2.31. The molecule has 5 heteroatoms. The largest absolute Gasteiger partial charge is 0.367 e. The van der Waals surface area contributed by atoms with Crippen LogP contribution in [0.15, 0.2) is 42.9 Å². The molecule has 0 spiro atoms. The Kier molecular flexibility index (Phi) is 4.68. The van der Waals surface area contributed by atoms with Gasteiger partial charge < -0.3 is 5.32 Å². The molecule has 0 saturated carbocycles. The van der Waals surface area contributed by atoms with Gasteiger partial charge in [0.25, 0.3) is 0 Å². The molecular weight excluding hydrogens is 284 g/mol. The smallest absolute Gasteiger partial charge is 0.144 e. The van der Waals surface area contributed by atoms with Gasteiger partial charge in [0.05, 0.1) is 12.2 Å². The van der Waals surface area contributed by atoms with Crippen molar-refractivity contribution in [3.05, 3.63) is 53.4 Å². The van der Waals surface area contributed by atoms with Crippen molar-refractivity contribution in [2.75, 3.05) is 25.0 Å². The number of hydrogen-bond acceptors (Lipinski definition) is 4. The molecule has 1 N–H and O–H groups in total. The maximum Gasteiger partial charge on any atom is 0.144 e. The summed E-state index contributed by atoms with van der Waals surface area (Å²) in [5.41, 5.74) is 1.29. The lowest BCUT2D eigenvalue weighted by atomic mass is 10.1. The molecule has 2 heterocycles. The van der Waals surface area contributed by atoms with Gasteiger partial charge >= 0.3 is 0 Å². The highest BCUT2D eigenvalue weighted by Crippen LogP contribution is 2.26. The second-order valence-electron chi connectivity index (χ2n) is 5.28. The molecule has 0 bridgehead atoms. The number of nitrogens with zero attached hydrogens (tertiary/aromatic N) is 3. The highest BCUT2D eigenvalue weighted by molar-refractivity contribution is 6.30. The number of halogens is 1. The first-order valence-electron chi connectivity index (χ1n) is 7.32. The molecular formula is C16H19ClN4. The Labute approximate surface area is 130 Å².